The van der Waals surface area contributed by atoms with Crippen LogP contribution in [0, 0.1) is 157 Å². The zero-order valence-electron chi connectivity index (χ0n) is 57.8. The Labute approximate surface area is 529 Å². The highest BCUT2D eigenvalue weighted by molar-refractivity contribution is 5.66. The van der Waals surface area contributed by atoms with Crippen molar-refractivity contribution in [3.05, 3.63) is 0 Å². The molecule has 85 heavy (non-hydrogen) atoms. The maximum absolute atomic E-state index is 11.1. The molecule has 1 N–H and O–H groups in total. The molecule has 6 heteroatoms. The number of carboxylic acids is 1. The van der Waals surface area contributed by atoms with Gasteiger partial charge in [-0.2, -0.15) is 0 Å². The monoisotopic (exact) mass is 1180 g/mol. The molecular weight excluding hydrogens is 1040 g/mol. The molecule has 1 spiro atoms. The maximum atomic E-state index is 11.1. The van der Waals surface area contributed by atoms with Crippen molar-refractivity contribution >= 4 is 5.97 Å². The minimum Gasteiger partial charge on any atom is -0.481 e. The lowest BCUT2D eigenvalue weighted by molar-refractivity contribution is -0.229. The SMILES string of the molecule is C#CO[C@@H]1CC[C@]2(C)C3CC[C@@]4(C)C(CC[C@H]4[C@@H](C)CCC(=O)O)C3CC[C@@H]2C1.CC(C)CCC[C@@H](C)[C@@H]1CCC2C3CC[C@@H]4CC5(CC[C@]4(C)C3CC[C@@]21C)OCCO5.CC(C)[C@@H]1CCC2C3CC[C@H]4C[C@@H](N(C)C)CC[C@]4(C)C3CC[C@@]21C.[HH].[HH].[HH].[HH]. The van der Waals surface area contributed by atoms with Crippen molar-refractivity contribution in [2.24, 2.45) is 145 Å². The molecule has 9 unspecified atom stereocenters. The normalized spacial score (nSPS) is 48.9. The minimum atomic E-state index is -0.643. The van der Waals surface area contributed by atoms with Crippen LogP contribution in [0.3, 0.4) is 0 Å². The number of hydrogen-bond donors (Lipinski definition) is 1. The molecular formula is C79H141NO5. The second-order valence-corrected chi connectivity index (χ2v) is 36.4. The van der Waals surface area contributed by atoms with Gasteiger partial charge < -0.3 is 24.2 Å². The van der Waals surface area contributed by atoms with E-state index in [0.717, 1.165) is 146 Å². The van der Waals surface area contributed by atoms with Gasteiger partial charge in [-0.25, -0.2) is 0 Å². The molecule has 25 atom stereocenters. The van der Waals surface area contributed by atoms with Gasteiger partial charge in [-0.15, -0.1) is 0 Å². The quantitative estimate of drug-likeness (QED) is 0.196. The van der Waals surface area contributed by atoms with E-state index in [1.54, 1.807) is 19.3 Å². The summed E-state index contributed by atoms with van der Waals surface area (Å²) in [6, 6.07) is 0.847. The third-order valence-corrected chi connectivity index (χ3v) is 32.4. The fraction of sp³-hybridized carbons (Fsp3) is 0.962. The molecule has 0 aromatic carbocycles. The van der Waals surface area contributed by atoms with Gasteiger partial charge in [-0.3, -0.25) is 4.79 Å². The highest BCUT2D eigenvalue weighted by Gasteiger charge is 2.65. The number of rotatable bonds is 12. The first-order valence-electron chi connectivity index (χ1n) is 37.6. The van der Waals surface area contributed by atoms with Crippen LogP contribution >= 0.6 is 0 Å². The third-order valence-electron chi connectivity index (χ3n) is 32.4. The Morgan fingerprint density at radius 3 is 1.47 bits per heavy atom. The summed E-state index contributed by atoms with van der Waals surface area (Å²) in [5, 5.41) is 9.13. The van der Waals surface area contributed by atoms with Crippen LogP contribution in [0.25, 0.3) is 0 Å². The van der Waals surface area contributed by atoms with Crippen LogP contribution in [0.15, 0.2) is 0 Å². The lowest BCUT2D eigenvalue weighted by Crippen LogP contribution is -2.56. The number of aliphatic carboxylic acids is 1. The van der Waals surface area contributed by atoms with Crippen molar-refractivity contribution in [2.45, 2.75) is 306 Å². The first kappa shape index (κ1) is 65.2. The highest BCUT2D eigenvalue weighted by atomic mass is 16.7. The van der Waals surface area contributed by atoms with E-state index in [1.165, 1.54) is 154 Å². The number of hydrogen-bond acceptors (Lipinski definition) is 5. The van der Waals surface area contributed by atoms with Crippen LogP contribution in [0.4, 0.5) is 0 Å². The van der Waals surface area contributed by atoms with Gasteiger partial charge >= 0.3 is 5.97 Å². The summed E-state index contributed by atoms with van der Waals surface area (Å²) < 4.78 is 17.9. The summed E-state index contributed by atoms with van der Waals surface area (Å²) in [5.41, 5.74) is 3.37. The Morgan fingerprint density at radius 2 is 0.976 bits per heavy atom. The number of ether oxygens (including phenoxy) is 3. The minimum absolute atomic E-state index is 0. The largest absolute Gasteiger partial charge is 0.481 e. The van der Waals surface area contributed by atoms with Gasteiger partial charge in [0.2, 0.25) is 0 Å². The molecule has 0 amide bonds. The Bertz CT molecular complexity index is 2320. The molecule has 12 saturated carbocycles. The molecule has 13 rings (SSSR count). The predicted octanol–water partition coefficient (Wildman–Crippen LogP) is 21.2. The maximum Gasteiger partial charge on any atom is 0.303 e. The smallest absolute Gasteiger partial charge is 0.303 e. The van der Waals surface area contributed by atoms with Gasteiger partial charge in [0.1, 0.15) is 12.2 Å². The van der Waals surface area contributed by atoms with Crippen LogP contribution in [0.1, 0.15) is 294 Å². The van der Waals surface area contributed by atoms with Gasteiger partial charge in [-0.1, -0.05) is 109 Å². The first-order chi connectivity index (χ1) is 40.3. The summed E-state index contributed by atoms with van der Waals surface area (Å²) in [6.45, 7) is 32.3. The Kier molecular flexibility index (Phi) is 19.4. The molecule has 492 valence electrons. The molecule has 0 bridgehead atoms. The Morgan fingerprint density at radius 1 is 0.529 bits per heavy atom. The fourth-order valence-corrected chi connectivity index (χ4v) is 27.8. The van der Waals surface area contributed by atoms with Crippen molar-refractivity contribution in [3.8, 4) is 12.5 Å². The van der Waals surface area contributed by atoms with Crippen molar-refractivity contribution in [1.82, 2.24) is 4.90 Å². The van der Waals surface area contributed by atoms with Gasteiger partial charge in [0.25, 0.3) is 0 Å². The molecule has 1 saturated heterocycles. The molecule has 12 aliphatic carbocycles. The second kappa shape index (κ2) is 25.3. The Balaban J connectivity index is 0.000000187. The van der Waals surface area contributed by atoms with Crippen molar-refractivity contribution in [2.75, 3.05) is 27.3 Å². The summed E-state index contributed by atoms with van der Waals surface area (Å²) in [7, 11) is 4.60. The summed E-state index contributed by atoms with van der Waals surface area (Å²) >= 11 is 0. The number of terminal acetylenes is 1. The van der Waals surface area contributed by atoms with E-state index in [9.17, 15) is 4.79 Å². The van der Waals surface area contributed by atoms with Gasteiger partial charge in [-0.05, 0) is 326 Å². The van der Waals surface area contributed by atoms with E-state index < -0.39 is 5.97 Å². The molecule has 0 radical (unpaired) electrons. The number of carbonyl (C=O) groups is 1. The lowest BCUT2D eigenvalue weighted by Gasteiger charge is -2.62. The van der Waals surface area contributed by atoms with E-state index in [4.69, 9.17) is 25.7 Å². The van der Waals surface area contributed by atoms with Crippen molar-refractivity contribution < 1.29 is 29.8 Å². The standard InChI is InChI=1S/C29H50O2.C26H40O3.C24H43N.4H2/c1-20(2)7-6-8-21(3)24-11-12-25-23-10-9-22-19-29(30-17-18-31-29)16-15-27(22,4)26(23)13-14-28(24,25)5;1-5-29-19-12-14-25(3)18(16-19)7-8-20-22-10-9-21(17(2)6-11-24(27)28)26(22,4)15-13-23(20)25;1-16(2)20-9-10-21-19-8-7-17-15-18(25(5)6)11-13-23(17,3)22(19)12-14-24(20,21)4;;;;/h20-26H,6-19H2,1-5H3;1,17-23H,6-16H2,2-4H3,(H,27,28);16-22H,7-15H2,1-6H3;4*1H/t21-,22-,23?,24+,25?,26?,27+,28-;17-,18+,19+,20?,21-,22?,23?,25-,26+;17-,18-,19?,20-,21?,22?,23-,24+;;;;/m100..../s1. The van der Waals surface area contributed by atoms with Crippen LogP contribution in [0.5, 0.6) is 0 Å². The number of nitrogens with zero attached hydrogens (tertiary/aromatic N) is 1. The first-order valence-corrected chi connectivity index (χ1v) is 37.6. The van der Waals surface area contributed by atoms with Crippen molar-refractivity contribution in [1.29, 1.82) is 0 Å². The van der Waals surface area contributed by atoms with E-state index >= 15 is 0 Å². The average molecular weight is 1180 g/mol. The third kappa shape index (κ3) is 11.8. The topological polar surface area (TPSA) is 68.2 Å². The van der Waals surface area contributed by atoms with E-state index in [1.807, 2.05) is 0 Å². The highest BCUT2D eigenvalue weighted by Crippen LogP contribution is 2.72. The molecule has 1 heterocycles. The fourth-order valence-electron chi connectivity index (χ4n) is 27.8. The van der Waals surface area contributed by atoms with E-state index in [2.05, 4.69) is 108 Å². The summed E-state index contributed by atoms with van der Waals surface area (Å²) in [5.74, 6) is 16.3. The van der Waals surface area contributed by atoms with Crippen LogP contribution in [0.2, 0.25) is 0 Å². The van der Waals surface area contributed by atoms with Crippen LogP contribution in [-0.2, 0) is 19.0 Å². The Hall–Kier alpha value is -1.29. The van der Waals surface area contributed by atoms with Crippen LogP contribution in [-0.4, -0.2) is 61.2 Å². The van der Waals surface area contributed by atoms with E-state index in [0.29, 0.717) is 50.7 Å². The molecule has 6 nitrogen and oxygen atoms in total. The second-order valence-electron chi connectivity index (χ2n) is 36.4. The average Bonchev–Trinajstić information content (AvgIpc) is 1.77. The van der Waals surface area contributed by atoms with Gasteiger partial charge in [0.15, 0.2) is 5.79 Å². The summed E-state index contributed by atoms with van der Waals surface area (Å²) in [4.78, 5) is 13.6. The molecule has 13 fully saturated rings. The zero-order chi connectivity index (χ0) is 60.6. The molecule has 1 aliphatic heterocycles. The predicted molar refractivity (Wildman–Crippen MR) is 359 cm³/mol. The van der Waals surface area contributed by atoms with Crippen LogP contribution < -0.4 is 0 Å². The zero-order valence-corrected chi connectivity index (χ0v) is 57.8. The molecule has 0 aromatic rings. The van der Waals surface area contributed by atoms with Gasteiger partial charge in [0.05, 0.1) is 13.2 Å². The summed E-state index contributed by atoms with van der Waals surface area (Å²) in [6.07, 6.45) is 51.4. The van der Waals surface area contributed by atoms with Gasteiger partial charge in [0, 0.05) is 31.0 Å². The number of fused-ring (bicyclic) bond motifs is 15. The lowest BCUT2D eigenvalue weighted by atomic mass is 9.44. The number of carboxylic acid groups (broad SMARTS) is 1. The van der Waals surface area contributed by atoms with Crippen molar-refractivity contribution in [3.63, 3.8) is 0 Å². The molecule has 13 aliphatic rings. The van der Waals surface area contributed by atoms with E-state index in [-0.39, 0.29) is 17.6 Å². The molecule has 0 aromatic heterocycles.